The third-order valence-electron chi connectivity index (χ3n) is 3.68. The Bertz CT molecular complexity index is 561. The molecule has 0 aliphatic carbocycles. The maximum Gasteiger partial charge on any atom is 0.348 e. The van der Waals surface area contributed by atoms with Gasteiger partial charge in [0.15, 0.2) is 0 Å². The Balaban J connectivity index is 3.49. The van der Waals surface area contributed by atoms with Crippen molar-refractivity contribution < 1.29 is 9.90 Å². The van der Waals surface area contributed by atoms with E-state index in [9.17, 15) is 9.59 Å². The number of nitrogens with zero attached hydrogens (tertiary/aromatic N) is 2. The molecular formula is C16H26N2O3. The van der Waals surface area contributed by atoms with Crippen LogP contribution in [-0.2, 0) is 24.1 Å². The summed E-state index contributed by atoms with van der Waals surface area (Å²) >= 11 is 0. The van der Waals surface area contributed by atoms with Gasteiger partial charge in [-0.05, 0) is 32.1 Å². The van der Waals surface area contributed by atoms with Crippen molar-refractivity contribution in [3.05, 3.63) is 27.4 Å². The van der Waals surface area contributed by atoms with Crippen molar-refractivity contribution in [1.82, 2.24) is 9.55 Å². The molecule has 0 amide bonds. The van der Waals surface area contributed by atoms with Gasteiger partial charge >= 0.3 is 11.7 Å². The summed E-state index contributed by atoms with van der Waals surface area (Å²) in [4.78, 5) is 27.6. The maximum atomic E-state index is 12.3. The Morgan fingerprint density at radius 2 is 1.86 bits per heavy atom. The highest BCUT2D eigenvalue weighted by Crippen LogP contribution is 2.21. The number of hydrogen-bond donors (Lipinski definition) is 1. The van der Waals surface area contributed by atoms with Crippen molar-refractivity contribution in [2.24, 2.45) is 5.92 Å². The van der Waals surface area contributed by atoms with Crippen LogP contribution in [0.4, 0.5) is 0 Å². The van der Waals surface area contributed by atoms with E-state index in [0.717, 1.165) is 12.1 Å². The standard InChI is InChI=1S/C16H26N2O3/c1-6-13-12(9-15(19)20)14(7-2)18(16(21)17-13)11(5)8-10(3)4/h10-11H,6-9H2,1-5H3,(H,19,20). The summed E-state index contributed by atoms with van der Waals surface area (Å²) in [5.74, 6) is -0.423. The second-order valence-corrected chi connectivity index (χ2v) is 5.89. The predicted molar refractivity (Wildman–Crippen MR) is 82.8 cm³/mol. The molecule has 1 aromatic heterocycles. The van der Waals surface area contributed by atoms with E-state index < -0.39 is 5.97 Å². The number of aryl methyl sites for hydroxylation is 1. The van der Waals surface area contributed by atoms with E-state index in [1.807, 2.05) is 20.8 Å². The highest BCUT2D eigenvalue weighted by molar-refractivity contribution is 5.71. The van der Waals surface area contributed by atoms with Crippen LogP contribution in [-0.4, -0.2) is 20.6 Å². The molecular weight excluding hydrogens is 268 g/mol. The first-order valence-corrected chi connectivity index (χ1v) is 7.66. The molecule has 0 spiro atoms. The van der Waals surface area contributed by atoms with Gasteiger partial charge in [0.2, 0.25) is 0 Å². The van der Waals surface area contributed by atoms with Crippen LogP contribution < -0.4 is 5.69 Å². The van der Waals surface area contributed by atoms with E-state index in [1.165, 1.54) is 0 Å². The normalized spacial score (nSPS) is 12.7. The molecule has 1 atom stereocenters. The van der Waals surface area contributed by atoms with Crippen LogP contribution in [0, 0.1) is 5.92 Å². The van der Waals surface area contributed by atoms with Gasteiger partial charge in [-0.2, -0.15) is 4.98 Å². The van der Waals surface area contributed by atoms with Gasteiger partial charge in [0, 0.05) is 17.3 Å². The summed E-state index contributed by atoms with van der Waals surface area (Å²) in [7, 11) is 0. The predicted octanol–water partition coefficient (Wildman–Crippen LogP) is 2.60. The molecule has 0 fully saturated rings. The van der Waals surface area contributed by atoms with Gasteiger partial charge in [-0.3, -0.25) is 9.36 Å². The molecule has 0 bridgehead atoms. The maximum absolute atomic E-state index is 12.3. The molecule has 118 valence electrons. The topological polar surface area (TPSA) is 72.2 Å². The lowest BCUT2D eigenvalue weighted by atomic mass is 10.0. The minimum absolute atomic E-state index is 0.0263. The zero-order chi connectivity index (χ0) is 16.2. The zero-order valence-electron chi connectivity index (χ0n) is 13.6. The Labute approximate surface area is 126 Å². The Morgan fingerprint density at radius 1 is 1.24 bits per heavy atom. The van der Waals surface area contributed by atoms with Crippen molar-refractivity contribution in [2.75, 3.05) is 0 Å². The molecule has 21 heavy (non-hydrogen) atoms. The van der Waals surface area contributed by atoms with Crippen LogP contribution >= 0.6 is 0 Å². The number of carboxylic acids is 1. The Kier molecular flexibility index (Phi) is 6.12. The average molecular weight is 294 g/mol. The van der Waals surface area contributed by atoms with E-state index in [1.54, 1.807) is 4.57 Å². The van der Waals surface area contributed by atoms with Gasteiger partial charge in [-0.1, -0.05) is 27.7 Å². The second-order valence-electron chi connectivity index (χ2n) is 5.89. The fraction of sp³-hybridized carbons (Fsp3) is 0.688. The lowest BCUT2D eigenvalue weighted by molar-refractivity contribution is -0.136. The molecule has 0 aliphatic rings. The van der Waals surface area contributed by atoms with Crippen molar-refractivity contribution in [1.29, 1.82) is 0 Å². The van der Waals surface area contributed by atoms with Crippen LogP contribution in [0.15, 0.2) is 4.79 Å². The van der Waals surface area contributed by atoms with Gasteiger partial charge in [-0.15, -0.1) is 0 Å². The van der Waals surface area contributed by atoms with Crippen LogP contribution in [0.5, 0.6) is 0 Å². The van der Waals surface area contributed by atoms with Gasteiger partial charge in [0.1, 0.15) is 0 Å². The molecule has 1 rings (SSSR count). The summed E-state index contributed by atoms with van der Waals surface area (Å²) < 4.78 is 1.69. The fourth-order valence-corrected chi connectivity index (χ4v) is 2.94. The van der Waals surface area contributed by atoms with E-state index >= 15 is 0 Å². The third-order valence-corrected chi connectivity index (χ3v) is 3.68. The molecule has 1 unspecified atom stereocenters. The van der Waals surface area contributed by atoms with E-state index in [4.69, 9.17) is 5.11 Å². The lowest BCUT2D eigenvalue weighted by Crippen LogP contribution is -2.32. The minimum Gasteiger partial charge on any atom is -0.481 e. The smallest absolute Gasteiger partial charge is 0.348 e. The largest absolute Gasteiger partial charge is 0.481 e. The quantitative estimate of drug-likeness (QED) is 0.839. The lowest BCUT2D eigenvalue weighted by Gasteiger charge is -2.23. The molecule has 5 heteroatoms. The molecule has 0 saturated carbocycles. The summed E-state index contributed by atoms with van der Waals surface area (Å²) in [6.07, 6.45) is 2.00. The molecule has 5 nitrogen and oxygen atoms in total. The number of carbonyl (C=O) groups is 1. The highest BCUT2D eigenvalue weighted by atomic mass is 16.4. The van der Waals surface area contributed by atoms with Crippen LogP contribution in [0.2, 0.25) is 0 Å². The number of hydrogen-bond acceptors (Lipinski definition) is 3. The Hall–Kier alpha value is -1.65. The zero-order valence-corrected chi connectivity index (χ0v) is 13.6. The third kappa shape index (κ3) is 4.16. The SMILES string of the molecule is CCc1nc(=O)n(C(C)CC(C)C)c(CC)c1CC(=O)O. The molecule has 0 aromatic carbocycles. The van der Waals surface area contributed by atoms with Gasteiger partial charge in [0.25, 0.3) is 0 Å². The van der Waals surface area contributed by atoms with Crippen molar-refractivity contribution in [3.63, 3.8) is 0 Å². The molecule has 1 aromatic rings. The average Bonchev–Trinajstić information content (AvgIpc) is 2.38. The molecule has 1 N–H and O–H groups in total. The first kappa shape index (κ1) is 17.4. The van der Waals surface area contributed by atoms with Crippen molar-refractivity contribution in [3.8, 4) is 0 Å². The Morgan fingerprint density at radius 3 is 2.29 bits per heavy atom. The minimum atomic E-state index is -0.886. The van der Waals surface area contributed by atoms with Crippen molar-refractivity contribution >= 4 is 5.97 Å². The number of aliphatic carboxylic acids is 1. The van der Waals surface area contributed by atoms with E-state index in [0.29, 0.717) is 30.0 Å². The monoisotopic (exact) mass is 294 g/mol. The van der Waals surface area contributed by atoms with Crippen LogP contribution in [0.25, 0.3) is 0 Å². The molecule has 0 radical (unpaired) electrons. The summed E-state index contributed by atoms with van der Waals surface area (Å²) in [5, 5.41) is 9.14. The first-order valence-electron chi connectivity index (χ1n) is 7.66. The van der Waals surface area contributed by atoms with Gasteiger partial charge in [-0.25, -0.2) is 4.79 Å². The van der Waals surface area contributed by atoms with Crippen LogP contribution in [0.1, 0.15) is 64.0 Å². The molecule has 0 saturated heterocycles. The number of rotatable bonds is 7. The summed E-state index contributed by atoms with van der Waals surface area (Å²) in [6.45, 7) is 10.1. The van der Waals surface area contributed by atoms with Crippen LogP contribution in [0.3, 0.4) is 0 Å². The summed E-state index contributed by atoms with van der Waals surface area (Å²) in [6, 6.07) is 0.0263. The highest BCUT2D eigenvalue weighted by Gasteiger charge is 2.20. The first-order chi connectivity index (χ1) is 9.81. The fourth-order valence-electron chi connectivity index (χ4n) is 2.94. The van der Waals surface area contributed by atoms with Crippen molar-refractivity contribution in [2.45, 2.75) is 66.3 Å². The second kappa shape index (κ2) is 7.38. The molecule has 0 aliphatic heterocycles. The number of carboxylic acid groups (broad SMARTS) is 1. The van der Waals surface area contributed by atoms with E-state index in [2.05, 4.69) is 18.8 Å². The number of aromatic nitrogens is 2. The molecule has 1 heterocycles. The van der Waals surface area contributed by atoms with Gasteiger partial charge < -0.3 is 5.11 Å². The van der Waals surface area contributed by atoms with E-state index in [-0.39, 0.29) is 18.2 Å². The van der Waals surface area contributed by atoms with Gasteiger partial charge in [0.05, 0.1) is 12.1 Å². The summed E-state index contributed by atoms with van der Waals surface area (Å²) in [5.41, 5.74) is 1.89.